The van der Waals surface area contributed by atoms with Gasteiger partial charge in [0.1, 0.15) is 5.60 Å². The highest BCUT2D eigenvalue weighted by Crippen LogP contribution is 2.41. The number of piperidine rings is 1. The third kappa shape index (κ3) is 6.22. The summed E-state index contributed by atoms with van der Waals surface area (Å²) in [4.78, 5) is 13.8. The van der Waals surface area contributed by atoms with Gasteiger partial charge in [-0.2, -0.15) is 0 Å². The summed E-state index contributed by atoms with van der Waals surface area (Å²) in [5.74, 6) is 0. The number of aliphatic hydroxyl groups excluding tert-OH is 1. The standard InChI is InChI=1S/C16H31NO4/c1-14(2,3)21-13(19)17-9-6-16(7-10-17,8-11-18)12-15(4,5)20/h18,20H,6-12H2,1-5H3. The molecule has 0 radical (unpaired) electrons. The molecule has 1 aliphatic heterocycles. The lowest BCUT2D eigenvalue weighted by molar-refractivity contribution is -0.0268. The second-order valence-electron chi connectivity index (χ2n) is 7.93. The van der Waals surface area contributed by atoms with Gasteiger partial charge in [-0.05, 0) is 65.7 Å². The molecule has 1 amide bonds. The summed E-state index contributed by atoms with van der Waals surface area (Å²) >= 11 is 0. The summed E-state index contributed by atoms with van der Waals surface area (Å²) in [5, 5.41) is 19.4. The first-order valence-corrected chi connectivity index (χ1v) is 7.78. The van der Waals surface area contributed by atoms with Crippen LogP contribution >= 0.6 is 0 Å². The van der Waals surface area contributed by atoms with Crippen LogP contribution in [0.2, 0.25) is 0 Å². The quantitative estimate of drug-likeness (QED) is 0.837. The Kier molecular flexibility index (Phi) is 5.67. The molecular weight excluding hydrogens is 270 g/mol. The summed E-state index contributed by atoms with van der Waals surface area (Å²) in [6.07, 6.45) is 2.61. The van der Waals surface area contributed by atoms with Crippen molar-refractivity contribution in [3.8, 4) is 0 Å². The Morgan fingerprint density at radius 1 is 1.19 bits per heavy atom. The van der Waals surface area contributed by atoms with Crippen LogP contribution in [0.1, 0.15) is 60.3 Å². The number of likely N-dealkylation sites (tertiary alicyclic amines) is 1. The van der Waals surface area contributed by atoms with E-state index < -0.39 is 11.2 Å². The number of hydrogen-bond acceptors (Lipinski definition) is 4. The van der Waals surface area contributed by atoms with Crippen LogP contribution in [0.15, 0.2) is 0 Å². The van der Waals surface area contributed by atoms with Crippen molar-refractivity contribution in [3.63, 3.8) is 0 Å². The fourth-order valence-electron chi connectivity index (χ4n) is 3.16. The lowest BCUT2D eigenvalue weighted by Gasteiger charge is -2.44. The molecule has 0 spiro atoms. The van der Waals surface area contributed by atoms with Crippen LogP contribution in [0.3, 0.4) is 0 Å². The Balaban J connectivity index is 2.64. The molecule has 0 atom stereocenters. The molecule has 0 aliphatic carbocycles. The number of ether oxygens (including phenoxy) is 1. The Morgan fingerprint density at radius 2 is 1.71 bits per heavy atom. The molecule has 2 N–H and O–H groups in total. The molecule has 124 valence electrons. The third-order valence-corrected chi connectivity index (χ3v) is 3.93. The van der Waals surface area contributed by atoms with Gasteiger partial charge < -0.3 is 19.8 Å². The van der Waals surface area contributed by atoms with Gasteiger partial charge in [-0.15, -0.1) is 0 Å². The molecule has 0 unspecified atom stereocenters. The highest BCUT2D eigenvalue weighted by Gasteiger charge is 2.39. The summed E-state index contributed by atoms with van der Waals surface area (Å²) in [6, 6.07) is 0. The fourth-order valence-corrected chi connectivity index (χ4v) is 3.16. The molecule has 5 heteroatoms. The Hall–Kier alpha value is -0.810. The van der Waals surface area contributed by atoms with Crippen molar-refractivity contribution >= 4 is 6.09 Å². The molecular formula is C16H31NO4. The van der Waals surface area contributed by atoms with Crippen molar-refractivity contribution in [1.82, 2.24) is 4.90 Å². The lowest BCUT2D eigenvalue weighted by atomic mass is 9.69. The van der Waals surface area contributed by atoms with Crippen LogP contribution in [-0.4, -0.2) is 52.1 Å². The van der Waals surface area contributed by atoms with E-state index in [1.54, 1.807) is 18.7 Å². The van der Waals surface area contributed by atoms with Crippen molar-refractivity contribution < 1.29 is 19.7 Å². The molecule has 0 bridgehead atoms. The van der Waals surface area contributed by atoms with Crippen LogP contribution in [0.25, 0.3) is 0 Å². The SMILES string of the molecule is CC(C)(O)CC1(CCO)CCN(C(=O)OC(C)(C)C)CC1. The van der Waals surface area contributed by atoms with Crippen LogP contribution in [0, 0.1) is 5.41 Å². The average molecular weight is 301 g/mol. The number of amides is 1. The Morgan fingerprint density at radius 3 is 2.10 bits per heavy atom. The summed E-state index contributed by atoms with van der Waals surface area (Å²) < 4.78 is 5.39. The van der Waals surface area contributed by atoms with Crippen LogP contribution in [-0.2, 0) is 4.74 Å². The molecule has 0 saturated carbocycles. The van der Waals surface area contributed by atoms with Gasteiger partial charge in [0, 0.05) is 19.7 Å². The maximum Gasteiger partial charge on any atom is 0.410 e. The van der Waals surface area contributed by atoms with E-state index in [4.69, 9.17) is 4.74 Å². The lowest BCUT2D eigenvalue weighted by Crippen LogP contribution is -2.47. The van der Waals surface area contributed by atoms with Gasteiger partial charge >= 0.3 is 6.09 Å². The van der Waals surface area contributed by atoms with Crippen molar-refractivity contribution in [2.45, 2.75) is 71.5 Å². The highest BCUT2D eigenvalue weighted by atomic mass is 16.6. The number of aliphatic hydroxyl groups is 2. The van der Waals surface area contributed by atoms with Gasteiger partial charge in [0.25, 0.3) is 0 Å². The predicted molar refractivity (Wildman–Crippen MR) is 82.1 cm³/mol. The van der Waals surface area contributed by atoms with E-state index in [0.717, 1.165) is 12.8 Å². The molecule has 21 heavy (non-hydrogen) atoms. The van der Waals surface area contributed by atoms with E-state index in [1.807, 2.05) is 20.8 Å². The van der Waals surface area contributed by atoms with E-state index in [1.165, 1.54) is 0 Å². The summed E-state index contributed by atoms with van der Waals surface area (Å²) in [7, 11) is 0. The van der Waals surface area contributed by atoms with E-state index in [2.05, 4.69) is 0 Å². The first kappa shape index (κ1) is 18.2. The number of rotatable bonds is 4. The third-order valence-electron chi connectivity index (χ3n) is 3.93. The first-order valence-electron chi connectivity index (χ1n) is 7.78. The van der Waals surface area contributed by atoms with Gasteiger partial charge in [-0.25, -0.2) is 4.79 Å². The number of hydrogen-bond donors (Lipinski definition) is 2. The van der Waals surface area contributed by atoms with Gasteiger partial charge in [-0.1, -0.05) is 0 Å². The van der Waals surface area contributed by atoms with Crippen LogP contribution < -0.4 is 0 Å². The predicted octanol–water partition coefficient (Wildman–Crippen LogP) is 2.55. The molecule has 5 nitrogen and oxygen atoms in total. The van der Waals surface area contributed by atoms with E-state index in [9.17, 15) is 15.0 Å². The molecule has 0 aromatic rings. The number of carbonyl (C=O) groups is 1. The number of carbonyl (C=O) groups excluding carboxylic acids is 1. The van der Waals surface area contributed by atoms with Crippen LogP contribution in [0.5, 0.6) is 0 Å². The minimum Gasteiger partial charge on any atom is -0.444 e. The maximum atomic E-state index is 12.1. The smallest absolute Gasteiger partial charge is 0.410 e. The molecule has 1 fully saturated rings. The zero-order valence-corrected chi connectivity index (χ0v) is 14.1. The minimum atomic E-state index is -0.761. The topological polar surface area (TPSA) is 70.0 Å². The molecule has 1 aliphatic rings. The molecule has 1 rings (SSSR count). The molecule has 0 aromatic heterocycles. The molecule has 1 saturated heterocycles. The van der Waals surface area contributed by atoms with Gasteiger partial charge in [-0.3, -0.25) is 0 Å². The number of nitrogens with zero attached hydrogens (tertiary/aromatic N) is 1. The zero-order chi connectivity index (χ0) is 16.3. The summed E-state index contributed by atoms with van der Waals surface area (Å²) in [6.45, 7) is 10.5. The second-order valence-corrected chi connectivity index (χ2v) is 7.93. The van der Waals surface area contributed by atoms with Crippen molar-refractivity contribution in [3.05, 3.63) is 0 Å². The van der Waals surface area contributed by atoms with Crippen molar-refractivity contribution in [2.24, 2.45) is 5.41 Å². The minimum absolute atomic E-state index is 0.0918. The highest BCUT2D eigenvalue weighted by molar-refractivity contribution is 5.68. The molecule has 0 aromatic carbocycles. The normalized spacial score (nSPS) is 19.5. The summed E-state index contributed by atoms with van der Waals surface area (Å²) in [5.41, 5.74) is -1.33. The molecule has 1 heterocycles. The Labute approximate surface area is 128 Å². The first-order chi connectivity index (χ1) is 9.46. The Bertz CT molecular complexity index is 346. The fraction of sp³-hybridized carbons (Fsp3) is 0.938. The van der Waals surface area contributed by atoms with Gasteiger partial charge in [0.2, 0.25) is 0 Å². The van der Waals surface area contributed by atoms with Crippen LogP contribution in [0.4, 0.5) is 4.79 Å². The van der Waals surface area contributed by atoms with Crippen molar-refractivity contribution in [1.29, 1.82) is 0 Å². The van der Waals surface area contributed by atoms with E-state index >= 15 is 0 Å². The van der Waals surface area contributed by atoms with E-state index in [0.29, 0.717) is 25.9 Å². The van der Waals surface area contributed by atoms with Gasteiger partial charge in [0.05, 0.1) is 5.60 Å². The van der Waals surface area contributed by atoms with E-state index in [-0.39, 0.29) is 18.1 Å². The van der Waals surface area contributed by atoms with Gasteiger partial charge in [0.15, 0.2) is 0 Å². The monoisotopic (exact) mass is 301 g/mol. The van der Waals surface area contributed by atoms with Crippen molar-refractivity contribution in [2.75, 3.05) is 19.7 Å². The zero-order valence-electron chi connectivity index (χ0n) is 14.1. The largest absolute Gasteiger partial charge is 0.444 e. The average Bonchev–Trinajstić information content (AvgIpc) is 2.25. The second kappa shape index (κ2) is 6.53. The maximum absolute atomic E-state index is 12.1.